The fraction of sp³-hybridized carbons (Fsp3) is 0.133. The normalized spacial score (nSPS) is 10.5. The lowest BCUT2D eigenvalue weighted by molar-refractivity contribution is -0.132. The Morgan fingerprint density at radius 1 is 1.27 bits per heavy atom. The Labute approximate surface area is 131 Å². The van der Waals surface area contributed by atoms with E-state index in [0.29, 0.717) is 21.9 Å². The molecule has 0 aliphatic carbocycles. The highest BCUT2D eigenvalue weighted by molar-refractivity contribution is 7.12. The molecule has 7 heteroatoms. The number of hydrogen-bond donors (Lipinski definition) is 1. The summed E-state index contributed by atoms with van der Waals surface area (Å²) in [6, 6.07) is 8.46. The second kappa shape index (κ2) is 7.37. The molecule has 114 valence electrons. The smallest absolute Gasteiger partial charge is 0.308 e. The maximum atomic E-state index is 11.7. The topological polar surface area (TPSA) is 77.0 Å². The molecule has 0 bridgehead atoms. The van der Waals surface area contributed by atoms with Crippen LogP contribution in [-0.2, 0) is 4.79 Å². The van der Waals surface area contributed by atoms with E-state index in [1.54, 1.807) is 30.3 Å². The molecule has 0 atom stereocenters. The standard InChI is InChI=1S/C15H14N2O4S/c1-10(18)21-12-6-5-11(8-13(12)20-2)9-16-17-15(19)14-4-3-7-22-14/h3-9H,1-2H3,(H,17,19). The van der Waals surface area contributed by atoms with Gasteiger partial charge in [0.25, 0.3) is 5.91 Å². The number of nitrogens with zero attached hydrogens (tertiary/aromatic N) is 1. The van der Waals surface area contributed by atoms with Gasteiger partial charge in [0.2, 0.25) is 0 Å². The number of amides is 1. The molecule has 0 saturated heterocycles. The van der Waals surface area contributed by atoms with Crippen LogP contribution in [0.15, 0.2) is 40.8 Å². The van der Waals surface area contributed by atoms with Gasteiger partial charge >= 0.3 is 5.97 Å². The van der Waals surface area contributed by atoms with Crippen LogP contribution >= 0.6 is 11.3 Å². The molecule has 1 aromatic carbocycles. The summed E-state index contributed by atoms with van der Waals surface area (Å²) in [5.41, 5.74) is 3.13. The van der Waals surface area contributed by atoms with Gasteiger partial charge in [-0.1, -0.05) is 6.07 Å². The van der Waals surface area contributed by atoms with Crippen LogP contribution in [0.2, 0.25) is 0 Å². The largest absolute Gasteiger partial charge is 0.493 e. The van der Waals surface area contributed by atoms with Crippen molar-refractivity contribution in [1.29, 1.82) is 0 Å². The second-order valence-electron chi connectivity index (χ2n) is 4.18. The number of benzene rings is 1. The molecule has 2 rings (SSSR count). The zero-order valence-corrected chi connectivity index (χ0v) is 12.8. The second-order valence-corrected chi connectivity index (χ2v) is 5.13. The average Bonchev–Trinajstić information content (AvgIpc) is 3.02. The van der Waals surface area contributed by atoms with Crippen LogP contribution in [0.4, 0.5) is 0 Å². The molecule has 0 unspecified atom stereocenters. The molecule has 1 N–H and O–H groups in total. The summed E-state index contributed by atoms with van der Waals surface area (Å²) < 4.78 is 10.2. The number of hydrazone groups is 1. The molecule has 0 radical (unpaired) electrons. The van der Waals surface area contributed by atoms with Gasteiger partial charge in [-0.05, 0) is 35.2 Å². The highest BCUT2D eigenvalue weighted by Gasteiger charge is 2.07. The van der Waals surface area contributed by atoms with E-state index in [1.165, 1.54) is 31.6 Å². The van der Waals surface area contributed by atoms with E-state index in [1.807, 2.05) is 5.38 Å². The summed E-state index contributed by atoms with van der Waals surface area (Å²) in [6.07, 6.45) is 1.48. The summed E-state index contributed by atoms with van der Waals surface area (Å²) in [5.74, 6) is 0.0381. The van der Waals surface area contributed by atoms with Crippen molar-refractivity contribution in [2.24, 2.45) is 5.10 Å². The van der Waals surface area contributed by atoms with Gasteiger partial charge in [0.1, 0.15) is 0 Å². The van der Waals surface area contributed by atoms with Crippen molar-refractivity contribution in [2.75, 3.05) is 7.11 Å². The monoisotopic (exact) mass is 318 g/mol. The van der Waals surface area contributed by atoms with Gasteiger partial charge in [0.15, 0.2) is 11.5 Å². The lowest BCUT2D eigenvalue weighted by Crippen LogP contribution is -2.16. The van der Waals surface area contributed by atoms with E-state index in [4.69, 9.17) is 9.47 Å². The van der Waals surface area contributed by atoms with E-state index >= 15 is 0 Å². The van der Waals surface area contributed by atoms with Crippen LogP contribution in [0.3, 0.4) is 0 Å². The third kappa shape index (κ3) is 4.16. The molecule has 6 nitrogen and oxygen atoms in total. The van der Waals surface area contributed by atoms with Crippen LogP contribution in [-0.4, -0.2) is 25.2 Å². The van der Waals surface area contributed by atoms with Gasteiger partial charge in [-0.2, -0.15) is 5.10 Å². The number of hydrogen-bond acceptors (Lipinski definition) is 6. The molecular formula is C15H14N2O4S. The van der Waals surface area contributed by atoms with Crippen molar-refractivity contribution in [3.05, 3.63) is 46.2 Å². The van der Waals surface area contributed by atoms with Crippen molar-refractivity contribution in [1.82, 2.24) is 5.43 Å². The number of esters is 1. The molecule has 22 heavy (non-hydrogen) atoms. The summed E-state index contributed by atoms with van der Waals surface area (Å²) in [6.45, 7) is 1.31. The van der Waals surface area contributed by atoms with Crippen LogP contribution in [0.1, 0.15) is 22.2 Å². The molecule has 1 heterocycles. The summed E-state index contributed by atoms with van der Waals surface area (Å²) in [7, 11) is 1.47. The number of carbonyl (C=O) groups is 2. The third-order valence-electron chi connectivity index (χ3n) is 2.57. The van der Waals surface area contributed by atoms with Crippen LogP contribution in [0, 0.1) is 0 Å². The van der Waals surface area contributed by atoms with E-state index in [0.717, 1.165) is 0 Å². The van der Waals surface area contributed by atoms with Gasteiger partial charge in [0, 0.05) is 6.92 Å². The first kappa shape index (κ1) is 15.7. The molecule has 1 amide bonds. The molecule has 0 aliphatic heterocycles. The van der Waals surface area contributed by atoms with Crippen LogP contribution < -0.4 is 14.9 Å². The minimum absolute atomic E-state index is 0.269. The Bertz CT molecular complexity index is 696. The minimum Gasteiger partial charge on any atom is -0.493 e. The first-order chi connectivity index (χ1) is 10.6. The Morgan fingerprint density at radius 3 is 2.73 bits per heavy atom. The summed E-state index contributed by atoms with van der Waals surface area (Å²) in [4.78, 5) is 23.3. The lowest BCUT2D eigenvalue weighted by Gasteiger charge is -2.08. The number of nitrogens with one attached hydrogen (secondary N) is 1. The zero-order valence-electron chi connectivity index (χ0n) is 12.0. The van der Waals surface area contributed by atoms with Crippen molar-refractivity contribution in [2.45, 2.75) is 6.92 Å². The number of rotatable bonds is 5. The predicted molar refractivity (Wildman–Crippen MR) is 83.7 cm³/mol. The van der Waals surface area contributed by atoms with Gasteiger partial charge in [-0.25, -0.2) is 5.43 Å². The first-order valence-corrected chi connectivity index (χ1v) is 7.21. The Kier molecular flexibility index (Phi) is 5.26. The van der Waals surface area contributed by atoms with E-state index in [-0.39, 0.29) is 5.91 Å². The highest BCUT2D eigenvalue weighted by Crippen LogP contribution is 2.27. The fourth-order valence-electron chi connectivity index (χ4n) is 1.63. The highest BCUT2D eigenvalue weighted by atomic mass is 32.1. The van der Waals surface area contributed by atoms with Gasteiger partial charge in [0.05, 0.1) is 18.2 Å². The van der Waals surface area contributed by atoms with Crippen molar-refractivity contribution in [3.63, 3.8) is 0 Å². The lowest BCUT2D eigenvalue weighted by atomic mass is 10.2. The molecule has 0 aliphatic rings. The quantitative estimate of drug-likeness (QED) is 0.397. The Morgan fingerprint density at radius 2 is 2.09 bits per heavy atom. The number of ether oxygens (including phenoxy) is 2. The maximum absolute atomic E-state index is 11.7. The Balaban J connectivity index is 2.05. The third-order valence-corrected chi connectivity index (χ3v) is 3.43. The Hall–Kier alpha value is -2.67. The first-order valence-electron chi connectivity index (χ1n) is 6.33. The SMILES string of the molecule is COc1cc(C=NNC(=O)c2cccs2)ccc1OC(C)=O. The minimum atomic E-state index is -0.428. The van der Waals surface area contributed by atoms with E-state index in [9.17, 15) is 9.59 Å². The maximum Gasteiger partial charge on any atom is 0.308 e. The summed E-state index contributed by atoms with van der Waals surface area (Å²) >= 11 is 1.34. The van der Waals surface area contributed by atoms with Crippen LogP contribution in [0.5, 0.6) is 11.5 Å². The molecule has 0 saturated carbocycles. The summed E-state index contributed by atoms with van der Waals surface area (Å²) in [5, 5.41) is 5.70. The predicted octanol–water partition coefficient (Wildman–Crippen LogP) is 2.45. The number of carbonyl (C=O) groups excluding carboxylic acids is 2. The fourth-order valence-corrected chi connectivity index (χ4v) is 2.25. The van der Waals surface area contributed by atoms with Gasteiger partial charge in [-0.3, -0.25) is 9.59 Å². The molecular weight excluding hydrogens is 304 g/mol. The number of thiophene rings is 1. The molecule has 0 spiro atoms. The van der Waals surface area contributed by atoms with E-state index < -0.39 is 5.97 Å². The van der Waals surface area contributed by atoms with Crippen molar-refractivity contribution in [3.8, 4) is 11.5 Å². The zero-order chi connectivity index (χ0) is 15.9. The molecule has 2 aromatic rings. The van der Waals surface area contributed by atoms with Gasteiger partial charge < -0.3 is 9.47 Å². The number of methoxy groups -OCH3 is 1. The van der Waals surface area contributed by atoms with Crippen LogP contribution in [0.25, 0.3) is 0 Å². The van der Waals surface area contributed by atoms with Crippen molar-refractivity contribution >= 4 is 29.4 Å². The van der Waals surface area contributed by atoms with Crippen molar-refractivity contribution < 1.29 is 19.1 Å². The average molecular weight is 318 g/mol. The van der Waals surface area contributed by atoms with E-state index in [2.05, 4.69) is 10.5 Å². The molecule has 0 fully saturated rings. The van der Waals surface area contributed by atoms with Gasteiger partial charge in [-0.15, -0.1) is 11.3 Å². The molecule has 1 aromatic heterocycles.